The maximum atomic E-state index is 6.56. The molecule has 1 unspecified atom stereocenters. The van der Waals surface area contributed by atoms with Crippen LogP contribution in [-0.4, -0.2) is 19.6 Å². The quantitative estimate of drug-likeness (QED) is 0.725. The number of halogens is 1. The Morgan fingerprint density at radius 2 is 2.10 bits per heavy atom. The summed E-state index contributed by atoms with van der Waals surface area (Å²) in [5.41, 5.74) is 2.47. The van der Waals surface area contributed by atoms with E-state index < -0.39 is 0 Å². The van der Waals surface area contributed by atoms with E-state index in [-0.39, 0.29) is 0 Å². The molecule has 21 heavy (non-hydrogen) atoms. The van der Waals surface area contributed by atoms with E-state index in [0.717, 1.165) is 37.0 Å². The third-order valence-corrected chi connectivity index (χ3v) is 4.90. The van der Waals surface area contributed by atoms with Gasteiger partial charge in [-0.15, -0.1) is 0 Å². The van der Waals surface area contributed by atoms with E-state index >= 15 is 0 Å². The van der Waals surface area contributed by atoms with Gasteiger partial charge in [-0.2, -0.15) is 0 Å². The first-order valence-corrected chi connectivity index (χ1v) is 8.81. The van der Waals surface area contributed by atoms with Crippen LogP contribution in [0.4, 0.5) is 5.69 Å². The number of hydrogen-bond acceptors (Lipinski definition) is 2. The Hall–Kier alpha value is -0.730. The van der Waals surface area contributed by atoms with Gasteiger partial charge in [0.1, 0.15) is 0 Å². The van der Waals surface area contributed by atoms with Crippen LogP contribution in [0.3, 0.4) is 0 Å². The Morgan fingerprint density at radius 3 is 2.62 bits per heavy atom. The van der Waals surface area contributed by atoms with Crippen molar-refractivity contribution in [2.24, 2.45) is 5.92 Å². The van der Waals surface area contributed by atoms with Gasteiger partial charge in [-0.1, -0.05) is 31.0 Å². The maximum absolute atomic E-state index is 6.56. The Morgan fingerprint density at radius 1 is 1.33 bits per heavy atom. The summed E-state index contributed by atoms with van der Waals surface area (Å²) in [6, 6.07) is 6.91. The van der Waals surface area contributed by atoms with Gasteiger partial charge in [-0.3, -0.25) is 0 Å². The largest absolute Gasteiger partial charge is 0.370 e. The summed E-state index contributed by atoms with van der Waals surface area (Å²) in [4.78, 5) is 2.43. The number of nitrogens with one attached hydrogen (secondary N) is 1. The van der Waals surface area contributed by atoms with Crippen molar-refractivity contribution in [2.75, 3.05) is 24.5 Å². The van der Waals surface area contributed by atoms with E-state index in [2.05, 4.69) is 49.2 Å². The van der Waals surface area contributed by atoms with E-state index in [1.807, 2.05) is 0 Å². The van der Waals surface area contributed by atoms with Crippen molar-refractivity contribution in [1.82, 2.24) is 5.32 Å². The second-order valence-corrected chi connectivity index (χ2v) is 6.63. The zero-order valence-electron chi connectivity index (χ0n) is 13.7. The molecule has 0 bridgehead atoms. The topological polar surface area (TPSA) is 15.3 Å². The zero-order valence-corrected chi connectivity index (χ0v) is 14.4. The van der Waals surface area contributed by atoms with Crippen LogP contribution in [0, 0.1) is 5.92 Å². The second-order valence-electron chi connectivity index (χ2n) is 6.22. The highest BCUT2D eigenvalue weighted by atomic mass is 35.5. The van der Waals surface area contributed by atoms with Crippen molar-refractivity contribution in [3.8, 4) is 0 Å². The summed E-state index contributed by atoms with van der Waals surface area (Å²) in [5, 5.41) is 4.40. The molecule has 0 saturated heterocycles. The molecule has 0 radical (unpaired) electrons. The van der Waals surface area contributed by atoms with Crippen LogP contribution in [0.1, 0.15) is 58.1 Å². The first kappa shape index (κ1) is 16.6. The third kappa shape index (κ3) is 4.37. The predicted octanol–water partition coefficient (Wildman–Crippen LogP) is 5.03. The van der Waals surface area contributed by atoms with Crippen LogP contribution in [-0.2, 0) is 0 Å². The molecule has 0 spiro atoms. The van der Waals surface area contributed by atoms with Gasteiger partial charge in [0.2, 0.25) is 0 Å². The fourth-order valence-electron chi connectivity index (χ4n) is 2.91. The van der Waals surface area contributed by atoms with Gasteiger partial charge in [-0.25, -0.2) is 0 Å². The molecule has 1 atom stereocenters. The molecule has 2 rings (SSSR count). The maximum Gasteiger partial charge on any atom is 0.0642 e. The summed E-state index contributed by atoms with van der Waals surface area (Å²) in [5.74, 6) is 0.867. The number of nitrogens with zero attached hydrogens (tertiary/aromatic N) is 1. The molecule has 1 saturated carbocycles. The SMILES string of the molecule is CCCNC(C)c1ccc(N(CC)CC2CCC2)c(Cl)c1. The molecule has 1 fully saturated rings. The van der Waals surface area contributed by atoms with Crippen molar-refractivity contribution in [3.05, 3.63) is 28.8 Å². The Bertz CT molecular complexity index is 443. The average Bonchev–Trinajstić information content (AvgIpc) is 2.44. The molecule has 1 N–H and O–H groups in total. The lowest BCUT2D eigenvalue weighted by Crippen LogP contribution is -2.32. The van der Waals surface area contributed by atoms with Gasteiger partial charge in [-0.05, 0) is 63.3 Å². The second kappa shape index (κ2) is 8.05. The standard InChI is InChI=1S/C18H29ClN2/c1-4-11-20-14(3)16-9-10-18(17(19)12-16)21(5-2)13-15-7-6-8-15/h9-10,12,14-15,20H,4-8,11,13H2,1-3H3. The van der Waals surface area contributed by atoms with Crippen LogP contribution in [0.5, 0.6) is 0 Å². The van der Waals surface area contributed by atoms with Crippen molar-refractivity contribution < 1.29 is 0 Å². The van der Waals surface area contributed by atoms with Gasteiger partial charge < -0.3 is 10.2 Å². The highest BCUT2D eigenvalue weighted by Gasteiger charge is 2.21. The fourth-order valence-corrected chi connectivity index (χ4v) is 3.22. The molecular formula is C18H29ClN2. The zero-order chi connectivity index (χ0) is 15.2. The lowest BCUT2D eigenvalue weighted by atomic mass is 9.85. The van der Waals surface area contributed by atoms with E-state index in [1.165, 1.54) is 30.5 Å². The molecular weight excluding hydrogens is 280 g/mol. The third-order valence-electron chi connectivity index (χ3n) is 4.60. The fraction of sp³-hybridized carbons (Fsp3) is 0.667. The average molecular weight is 309 g/mol. The monoisotopic (exact) mass is 308 g/mol. The minimum atomic E-state index is 0.359. The summed E-state index contributed by atoms with van der Waals surface area (Å²) >= 11 is 6.56. The molecule has 0 aliphatic heterocycles. The normalized spacial score (nSPS) is 16.6. The van der Waals surface area contributed by atoms with Crippen molar-refractivity contribution in [3.63, 3.8) is 0 Å². The minimum absolute atomic E-state index is 0.359. The number of anilines is 1. The first-order chi connectivity index (χ1) is 10.2. The molecule has 1 aliphatic rings. The smallest absolute Gasteiger partial charge is 0.0642 e. The van der Waals surface area contributed by atoms with E-state index in [1.54, 1.807) is 0 Å². The van der Waals surface area contributed by atoms with Crippen LogP contribution < -0.4 is 10.2 Å². The van der Waals surface area contributed by atoms with Crippen molar-refractivity contribution in [2.45, 2.75) is 52.5 Å². The van der Waals surface area contributed by atoms with Gasteiger partial charge in [0.15, 0.2) is 0 Å². The van der Waals surface area contributed by atoms with E-state index in [9.17, 15) is 0 Å². The van der Waals surface area contributed by atoms with Crippen LogP contribution >= 0.6 is 11.6 Å². The minimum Gasteiger partial charge on any atom is -0.370 e. The van der Waals surface area contributed by atoms with E-state index in [4.69, 9.17) is 11.6 Å². The predicted molar refractivity (Wildman–Crippen MR) is 93.4 cm³/mol. The Kier molecular flexibility index (Phi) is 6.38. The molecule has 0 heterocycles. The van der Waals surface area contributed by atoms with Crippen LogP contribution in [0.25, 0.3) is 0 Å². The Labute approximate surface area is 134 Å². The lowest BCUT2D eigenvalue weighted by molar-refractivity contribution is 0.318. The summed E-state index contributed by atoms with van der Waals surface area (Å²) in [6.45, 7) is 9.83. The van der Waals surface area contributed by atoms with Gasteiger partial charge in [0.25, 0.3) is 0 Å². The highest BCUT2D eigenvalue weighted by Crippen LogP contribution is 2.33. The highest BCUT2D eigenvalue weighted by molar-refractivity contribution is 6.33. The molecule has 118 valence electrons. The van der Waals surface area contributed by atoms with Gasteiger partial charge in [0, 0.05) is 19.1 Å². The summed E-state index contributed by atoms with van der Waals surface area (Å²) in [7, 11) is 0. The lowest BCUT2D eigenvalue weighted by Gasteiger charge is -2.33. The number of rotatable bonds is 8. The van der Waals surface area contributed by atoms with Crippen molar-refractivity contribution >= 4 is 17.3 Å². The molecule has 3 heteroatoms. The summed E-state index contributed by atoms with van der Waals surface area (Å²) in [6.07, 6.45) is 5.31. The van der Waals surface area contributed by atoms with E-state index in [0.29, 0.717) is 6.04 Å². The molecule has 1 aromatic rings. The van der Waals surface area contributed by atoms with Crippen LogP contribution in [0.2, 0.25) is 5.02 Å². The first-order valence-electron chi connectivity index (χ1n) is 8.43. The Balaban J connectivity index is 2.05. The molecule has 0 amide bonds. The van der Waals surface area contributed by atoms with Crippen molar-refractivity contribution in [1.29, 1.82) is 0 Å². The number of hydrogen-bond donors (Lipinski definition) is 1. The van der Waals surface area contributed by atoms with Crippen LogP contribution in [0.15, 0.2) is 18.2 Å². The van der Waals surface area contributed by atoms with Gasteiger partial charge in [0.05, 0.1) is 10.7 Å². The molecule has 0 aromatic heterocycles. The summed E-state index contributed by atoms with van der Waals surface area (Å²) < 4.78 is 0. The molecule has 1 aromatic carbocycles. The molecule has 2 nitrogen and oxygen atoms in total. The molecule has 1 aliphatic carbocycles. The van der Waals surface area contributed by atoms with Gasteiger partial charge >= 0.3 is 0 Å². The number of benzene rings is 1.